The number of amides is 2. The zero-order chi connectivity index (χ0) is 25.3. The number of carbonyl (C=O) groups excluding carboxylic acids is 1. The van der Waals surface area contributed by atoms with E-state index in [9.17, 15) is 23.2 Å². The molecule has 1 unspecified atom stereocenters. The number of carbonyl (C=O) groups is 1. The number of benzene rings is 1. The number of aliphatic imine (C=N–C) groups is 1. The van der Waals surface area contributed by atoms with Crippen LogP contribution >= 0.6 is 11.6 Å². The van der Waals surface area contributed by atoms with E-state index in [1.54, 1.807) is 12.1 Å². The van der Waals surface area contributed by atoms with Crippen LogP contribution in [0.2, 0.25) is 5.02 Å². The van der Waals surface area contributed by atoms with E-state index in [-0.39, 0.29) is 43.7 Å². The van der Waals surface area contributed by atoms with Gasteiger partial charge in [-0.1, -0.05) is 17.7 Å². The van der Waals surface area contributed by atoms with Crippen molar-refractivity contribution >= 4 is 29.5 Å². The number of aliphatic hydroxyl groups is 1. The number of hydrogen-bond donors (Lipinski definition) is 1. The summed E-state index contributed by atoms with van der Waals surface area (Å²) in [6.07, 6.45) is -4.11. The summed E-state index contributed by atoms with van der Waals surface area (Å²) in [5, 5.41) is 23.7. The average Bonchev–Trinajstić information content (AvgIpc) is 3.16. The van der Waals surface area contributed by atoms with E-state index < -0.39 is 23.9 Å². The van der Waals surface area contributed by atoms with Crippen molar-refractivity contribution < 1.29 is 32.7 Å². The van der Waals surface area contributed by atoms with Crippen molar-refractivity contribution in [3.05, 3.63) is 64.1 Å². The maximum Gasteiger partial charge on any atom is 0.416 e. The summed E-state index contributed by atoms with van der Waals surface area (Å²) in [5.74, 6) is -0.167. The molecule has 14 heteroatoms. The number of hydrazone groups is 1. The van der Waals surface area contributed by atoms with Crippen LogP contribution in [0.4, 0.5) is 18.0 Å². The summed E-state index contributed by atoms with van der Waals surface area (Å²) in [6.45, 7) is -0.343. The molecule has 1 aromatic carbocycles. The molecule has 0 aliphatic carbocycles. The van der Waals surface area contributed by atoms with Gasteiger partial charge in [-0.15, -0.1) is 4.85 Å². The molecule has 0 spiro atoms. The molecular formula is C21H20ClF3N6O4. The highest BCUT2D eigenvalue weighted by Crippen LogP contribution is 2.32. The van der Waals surface area contributed by atoms with Crippen LogP contribution in [0.15, 0.2) is 47.6 Å². The number of ether oxygens (including phenoxy) is 1. The molecule has 3 heterocycles. The third-order valence-electron chi connectivity index (χ3n) is 5.28. The number of hydrogen-bond acceptors (Lipinski definition) is 7. The fourth-order valence-corrected chi connectivity index (χ4v) is 3.67. The Labute approximate surface area is 202 Å². The normalized spacial score (nSPS) is 18.2. The van der Waals surface area contributed by atoms with Crippen LogP contribution < -0.4 is 4.74 Å². The van der Waals surface area contributed by atoms with E-state index in [0.29, 0.717) is 15.6 Å². The Morgan fingerprint density at radius 2 is 2.06 bits per heavy atom. The van der Waals surface area contributed by atoms with Gasteiger partial charge in [0, 0.05) is 19.9 Å². The van der Waals surface area contributed by atoms with Crippen molar-refractivity contribution in [3.63, 3.8) is 0 Å². The van der Waals surface area contributed by atoms with Gasteiger partial charge in [0.2, 0.25) is 6.17 Å². The Hall–Kier alpha value is -3.58. The van der Waals surface area contributed by atoms with Crippen LogP contribution in [0.5, 0.6) is 5.75 Å². The molecule has 2 amide bonds. The number of fused-ring (bicyclic) bond motifs is 1. The molecule has 0 bridgehead atoms. The van der Waals surface area contributed by atoms with Crippen molar-refractivity contribution in [1.29, 1.82) is 0 Å². The monoisotopic (exact) mass is 512 g/mol. The maximum absolute atomic E-state index is 13.2. The van der Waals surface area contributed by atoms with Gasteiger partial charge in [-0.3, -0.25) is 9.88 Å². The number of aromatic nitrogens is 1. The minimum absolute atomic E-state index is 0.0104. The lowest BCUT2D eigenvalue weighted by molar-refractivity contribution is -0.624. The van der Waals surface area contributed by atoms with Crippen LogP contribution in [0.1, 0.15) is 17.7 Å². The topological polar surface area (TPSA) is 108 Å². The summed E-state index contributed by atoms with van der Waals surface area (Å²) in [7, 11) is 1.43. The molecule has 0 saturated heterocycles. The molecule has 2 aliphatic heterocycles. The first-order valence-electron chi connectivity index (χ1n) is 10.4. The highest BCUT2D eigenvalue weighted by atomic mass is 35.5. The van der Waals surface area contributed by atoms with E-state index in [1.807, 2.05) is 0 Å². The molecule has 10 nitrogen and oxygen atoms in total. The van der Waals surface area contributed by atoms with Gasteiger partial charge in [-0.25, -0.2) is 4.79 Å². The Kier molecular flexibility index (Phi) is 6.72. The number of hydrazine groups is 1. The molecule has 0 fully saturated rings. The highest BCUT2D eigenvalue weighted by Gasteiger charge is 2.51. The molecule has 1 aromatic heterocycles. The largest absolute Gasteiger partial charge is 0.692 e. The van der Waals surface area contributed by atoms with Crippen molar-refractivity contribution in [2.45, 2.75) is 25.3 Å². The van der Waals surface area contributed by atoms with Crippen molar-refractivity contribution in [1.82, 2.24) is 19.8 Å². The van der Waals surface area contributed by atoms with E-state index in [4.69, 9.17) is 21.4 Å². The quantitative estimate of drug-likeness (QED) is 0.471. The zero-order valence-electron chi connectivity index (χ0n) is 18.3. The highest BCUT2D eigenvalue weighted by molar-refractivity contribution is 6.30. The van der Waals surface area contributed by atoms with Gasteiger partial charge in [0.25, 0.3) is 0 Å². The number of halogens is 4. The van der Waals surface area contributed by atoms with Crippen molar-refractivity contribution in [3.8, 4) is 5.75 Å². The van der Waals surface area contributed by atoms with Crippen LogP contribution in [-0.4, -0.2) is 74.0 Å². The number of aliphatic hydroxyl groups excluding tert-OH is 1. The predicted molar refractivity (Wildman–Crippen MR) is 118 cm³/mol. The average molecular weight is 513 g/mol. The van der Waals surface area contributed by atoms with Crippen molar-refractivity contribution in [2.24, 2.45) is 4.99 Å². The summed E-state index contributed by atoms with van der Waals surface area (Å²) >= 11 is 5.90. The molecule has 2 aliphatic rings. The fraction of sp³-hybridized carbons (Fsp3) is 0.333. The van der Waals surface area contributed by atoms with Gasteiger partial charge in [-0.05, 0) is 36.8 Å². The molecule has 0 saturated carbocycles. The first kappa shape index (κ1) is 24.5. The number of nitrogens with zero attached hydrogens (tertiary/aromatic N) is 6. The molecular weight excluding hydrogens is 493 g/mol. The van der Waals surface area contributed by atoms with Gasteiger partial charge < -0.3 is 15.1 Å². The van der Waals surface area contributed by atoms with Crippen LogP contribution in [0.3, 0.4) is 0 Å². The number of pyridine rings is 1. The summed E-state index contributed by atoms with van der Waals surface area (Å²) in [4.78, 5) is 24.2. The number of alkyl halides is 3. The number of likely N-dealkylation sites (N-methyl/N-ethyl adjacent to an activating group) is 1. The lowest BCUT2D eigenvalue weighted by Gasteiger charge is -2.37. The molecule has 186 valence electrons. The summed E-state index contributed by atoms with van der Waals surface area (Å²) in [5.41, 5.74) is -0.463. The van der Waals surface area contributed by atoms with Gasteiger partial charge in [0.05, 0.1) is 22.8 Å². The Balaban J connectivity index is 1.74. The first-order valence-corrected chi connectivity index (χ1v) is 10.8. The Morgan fingerprint density at radius 1 is 1.29 bits per heavy atom. The summed E-state index contributed by atoms with van der Waals surface area (Å²) in [6, 6.07) is 6.57. The summed E-state index contributed by atoms with van der Waals surface area (Å²) < 4.78 is 45.2. The number of urea groups is 1. The smallest absolute Gasteiger partial charge is 0.416 e. The van der Waals surface area contributed by atoms with Gasteiger partial charge in [0.15, 0.2) is 0 Å². The first-order chi connectivity index (χ1) is 16.6. The fourth-order valence-electron chi connectivity index (χ4n) is 3.56. The van der Waals surface area contributed by atoms with Gasteiger partial charge in [-0.2, -0.15) is 28.1 Å². The van der Waals surface area contributed by atoms with Gasteiger partial charge in [0.1, 0.15) is 12.3 Å². The number of rotatable bonds is 6. The van der Waals surface area contributed by atoms with E-state index >= 15 is 0 Å². The van der Waals surface area contributed by atoms with E-state index in [0.717, 1.165) is 17.1 Å². The molecule has 4 rings (SSSR count). The van der Waals surface area contributed by atoms with Gasteiger partial charge >= 0.3 is 24.1 Å². The second-order valence-electron chi connectivity index (χ2n) is 7.69. The second kappa shape index (κ2) is 9.58. The molecule has 35 heavy (non-hydrogen) atoms. The van der Waals surface area contributed by atoms with E-state index in [2.05, 4.69) is 9.98 Å². The van der Waals surface area contributed by atoms with Crippen LogP contribution in [-0.2, 0) is 12.7 Å². The second-order valence-corrected chi connectivity index (χ2v) is 8.13. The van der Waals surface area contributed by atoms with Crippen LogP contribution in [0.25, 0.3) is 0 Å². The third kappa shape index (κ3) is 4.95. The minimum atomic E-state index is -4.59. The molecule has 1 atom stereocenters. The molecule has 2 aromatic rings. The van der Waals surface area contributed by atoms with Crippen LogP contribution in [0, 0.1) is 5.21 Å². The SMILES string of the molecule is CN1C(=O)N(CCCO)[N+]([O-])=C2C1N=C(Oc1cccc(C(F)(F)F)c1)N2Cc1ccc(Cl)cn1. The van der Waals surface area contributed by atoms with E-state index in [1.165, 1.54) is 35.2 Å². The zero-order valence-corrected chi connectivity index (χ0v) is 19.1. The number of amidine groups is 2. The Bertz CT molecular complexity index is 1170. The molecule has 1 N–H and O–H groups in total. The predicted octanol–water partition coefficient (Wildman–Crippen LogP) is 2.90. The third-order valence-corrected chi connectivity index (χ3v) is 5.51. The lowest BCUT2D eigenvalue weighted by atomic mass is 10.2. The standard InChI is InChI=1S/C21H20ClF3N6O4/c1-28-17-18(31(34)30(20(28)33)8-3-9-32)29(12-15-7-6-14(22)11-26-15)19(27-17)35-16-5-2-4-13(10-16)21(23,24)25/h2,4-7,10-11,17,32H,3,8-9,12H2,1H3. The minimum Gasteiger partial charge on any atom is -0.692 e. The van der Waals surface area contributed by atoms with Crippen molar-refractivity contribution in [2.75, 3.05) is 20.2 Å². The Morgan fingerprint density at radius 3 is 2.71 bits per heavy atom. The molecule has 0 radical (unpaired) electrons. The lowest BCUT2D eigenvalue weighted by Crippen LogP contribution is -2.61. The maximum atomic E-state index is 13.2.